The second-order valence-corrected chi connectivity index (χ2v) is 8.23. The van der Waals surface area contributed by atoms with E-state index in [4.69, 9.17) is 9.57 Å². The maximum absolute atomic E-state index is 5.91. The molecule has 1 saturated carbocycles. The van der Waals surface area contributed by atoms with E-state index < -0.39 is 0 Å². The van der Waals surface area contributed by atoms with Gasteiger partial charge in [0.15, 0.2) is 5.84 Å². The molecule has 0 amide bonds. The smallest absolute Gasteiger partial charge is 0.171 e. The number of fused-ring (bicyclic) bond motifs is 3. The average Bonchev–Trinajstić information content (AvgIpc) is 3.19. The maximum atomic E-state index is 5.91. The van der Waals surface area contributed by atoms with Gasteiger partial charge in [-0.1, -0.05) is 17.6 Å². The van der Waals surface area contributed by atoms with Gasteiger partial charge in [-0.3, -0.25) is 0 Å². The molecule has 2 aliphatic heterocycles. The van der Waals surface area contributed by atoms with Crippen molar-refractivity contribution in [3.05, 3.63) is 47.6 Å². The van der Waals surface area contributed by atoms with Crippen molar-refractivity contribution in [3.8, 4) is 11.4 Å². The number of oxime groups is 1. The van der Waals surface area contributed by atoms with Crippen LogP contribution in [0.1, 0.15) is 49.8 Å². The Balaban J connectivity index is 1.46. The molecule has 1 aliphatic carbocycles. The molecule has 6 nitrogen and oxygen atoms in total. The van der Waals surface area contributed by atoms with Gasteiger partial charge in [0.1, 0.15) is 11.9 Å². The first-order chi connectivity index (χ1) is 14.2. The fraction of sp³-hybridized carbons (Fsp3) is 0.478. The summed E-state index contributed by atoms with van der Waals surface area (Å²) in [6, 6.07) is 6.79. The minimum absolute atomic E-state index is 0.268. The van der Waals surface area contributed by atoms with Crippen molar-refractivity contribution in [1.29, 1.82) is 0 Å². The van der Waals surface area contributed by atoms with E-state index in [1.54, 1.807) is 7.11 Å². The Bertz CT molecular complexity index is 962. The molecule has 3 heterocycles. The highest BCUT2D eigenvalue weighted by molar-refractivity contribution is 6.03. The van der Waals surface area contributed by atoms with Gasteiger partial charge in [0.2, 0.25) is 0 Å². The van der Waals surface area contributed by atoms with Gasteiger partial charge in [-0.05, 0) is 68.4 Å². The molecule has 1 saturated heterocycles. The van der Waals surface area contributed by atoms with Crippen molar-refractivity contribution >= 4 is 11.9 Å². The summed E-state index contributed by atoms with van der Waals surface area (Å²) in [5.41, 5.74) is 4.35. The third-order valence-corrected chi connectivity index (χ3v) is 6.28. The van der Waals surface area contributed by atoms with Crippen LogP contribution in [0.5, 0.6) is 5.75 Å². The van der Waals surface area contributed by atoms with E-state index in [2.05, 4.69) is 39.3 Å². The first kappa shape index (κ1) is 18.3. The summed E-state index contributed by atoms with van der Waals surface area (Å²) in [7, 11) is 1.71. The second-order valence-electron chi connectivity index (χ2n) is 8.23. The zero-order chi connectivity index (χ0) is 19.8. The van der Waals surface area contributed by atoms with Crippen LogP contribution in [0.3, 0.4) is 0 Å². The predicted octanol–water partition coefficient (Wildman–Crippen LogP) is 4.32. The lowest BCUT2D eigenvalue weighted by Crippen LogP contribution is -2.54. The van der Waals surface area contributed by atoms with Gasteiger partial charge < -0.3 is 19.0 Å². The Kier molecular flexibility index (Phi) is 4.78. The van der Waals surface area contributed by atoms with Gasteiger partial charge in [0.25, 0.3) is 0 Å². The van der Waals surface area contributed by atoms with Crippen LogP contribution in [0.4, 0.5) is 0 Å². The molecule has 2 fully saturated rings. The highest BCUT2D eigenvalue weighted by atomic mass is 16.6. The molecule has 0 radical (unpaired) electrons. The van der Waals surface area contributed by atoms with Crippen LogP contribution in [-0.2, 0) is 4.84 Å². The Morgan fingerprint density at radius 2 is 2.10 bits per heavy atom. The Morgan fingerprint density at radius 3 is 2.93 bits per heavy atom. The molecular formula is C23H28N4O2. The van der Waals surface area contributed by atoms with Crippen LogP contribution < -0.4 is 4.74 Å². The number of aryl methyl sites for hydroxylation is 1. The van der Waals surface area contributed by atoms with Gasteiger partial charge in [-0.2, -0.15) is 0 Å². The molecule has 0 bridgehead atoms. The molecule has 1 aromatic carbocycles. The summed E-state index contributed by atoms with van der Waals surface area (Å²) in [4.78, 5) is 12.7. The summed E-state index contributed by atoms with van der Waals surface area (Å²) in [5, 5.41) is 4.55. The molecule has 5 rings (SSSR count). The molecule has 29 heavy (non-hydrogen) atoms. The van der Waals surface area contributed by atoms with E-state index >= 15 is 0 Å². The van der Waals surface area contributed by atoms with E-state index in [1.165, 1.54) is 24.8 Å². The van der Waals surface area contributed by atoms with Crippen LogP contribution in [0.25, 0.3) is 11.8 Å². The fourth-order valence-corrected chi connectivity index (χ4v) is 4.84. The van der Waals surface area contributed by atoms with Crippen molar-refractivity contribution in [1.82, 2.24) is 14.5 Å². The minimum atomic E-state index is 0.268. The monoisotopic (exact) mass is 392 g/mol. The summed E-state index contributed by atoms with van der Waals surface area (Å²) in [6.45, 7) is 3.07. The summed E-state index contributed by atoms with van der Waals surface area (Å²) in [6.07, 6.45) is 13.4. The number of hydrogen-bond donors (Lipinski definition) is 0. The number of methoxy groups -OCH3 is 1. The van der Waals surface area contributed by atoms with Crippen molar-refractivity contribution in [2.45, 2.75) is 57.6 Å². The summed E-state index contributed by atoms with van der Waals surface area (Å²) >= 11 is 0. The number of piperidine rings is 1. The zero-order valence-corrected chi connectivity index (χ0v) is 17.2. The van der Waals surface area contributed by atoms with Gasteiger partial charge in [0.05, 0.1) is 30.9 Å². The van der Waals surface area contributed by atoms with Crippen LogP contribution >= 0.6 is 0 Å². The molecule has 6 heteroatoms. The lowest BCUT2D eigenvalue weighted by Gasteiger charge is -2.45. The molecular weight excluding hydrogens is 364 g/mol. The van der Waals surface area contributed by atoms with E-state index in [1.807, 2.05) is 24.0 Å². The highest BCUT2D eigenvalue weighted by Crippen LogP contribution is 2.35. The largest absolute Gasteiger partial charge is 0.495 e. The standard InChI is InChI=1S/C23H28N4O2/c1-16-14-26(15-24-16)19-10-9-17(13-22(19)28-2)12-18-6-5-11-27-20-7-3-4-8-21(20)29-25-23(18)27/h9-10,12-15,20-21H,3-8,11H2,1-2H3/b18-12+. The number of amidine groups is 1. The number of ether oxygens (including phenoxy) is 1. The maximum Gasteiger partial charge on any atom is 0.171 e. The third-order valence-electron chi connectivity index (χ3n) is 6.28. The Labute approximate surface area is 171 Å². The fourth-order valence-electron chi connectivity index (χ4n) is 4.84. The SMILES string of the molecule is COc1cc(/C=C2\CCCN3C2=NOC2CCCCC23)ccc1-n1cnc(C)c1. The highest BCUT2D eigenvalue weighted by Gasteiger charge is 2.39. The molecule has 0 spiro atoms. The molecule has 1 aromatic heterocycles. The Morgan fingerprint density at radius 1 is 1.21 bits per heavy atom. The summed E-state index contributed by atoms with van der Waals surface area (Å²) < 4.78 is 7.67. The van der Waals surface area contributed by atoms with Crippen molar-refractivity contribution in [3.63, 3.8) is 0 Å². The number of hydrogen-bond acceptors (Lipinski definition) is 5. The molecule has 2 atom stereocenters. The molecule has 3 aliphatic rings. The van der Waals surface area contributed by atoms with E-state index in [0.717, 1.165) is 54.3 Å². The van der Waals surface area contributed by atoms with Crippen LogP contribution in [0.15, 0.2) is 41.5 Å². The van der Waals surface area contributed by atoms with E-state index in [0.29, 0.717) is 6.04 Å². The van der Waals surface area contributed by atoms with E-state index in [9.17, 15) is 0 Å². The quantitative estimate of drug-likeness (QED) is 0.780. The lowest BCUT2D eigenvalue weighted by molar-refractivity contribution is -0.0401. The average molecular weight is 393 g/mol. The number of aromatic nitrogens is 2. The van der Waals surface area contributed by atoms with Gasteiger partial charge in [0, 0.05) is 12.7 Å². The Hall–Kier alpha value is -2.76. The number of imidazole rings is 1. The van der Waals surface area contributed by atoms with Crippen LogP contribution in [-0.4, -0.2) is 46.1 Å². The van der Waals surface area contributed by atoms with Crippen molar-refractivity contribution < 1.29 is 9.57 Å². The normalized spacial score (nSPS) is 25.1. The minimum Gasteiger partial charge on any atom is -0.495 e. The first-order valence-electron chi connectivity index (χ1n) is 10.6. The van der Waals surface area contributed by atoms with Crippen LogP contribution in [0, 0.1) is 6.92 Å². The van der Waals surface area contributed by atoms with Gasteiger partial charge >= 0.3 is 0 Å². The number of rotatable bonds is 3. The second kappa shape index (κ2) is 7.58. The van der Waals surface area contributed by atoms with Gasteiger partial charge in [-0.15, -0.1) is 0 Å². The van der Waals surface area contributed by atoms with Crippen molar-refractivity contribution in [2.75, 3.05) is 13.7 Å². The topological polar surface area (TPSA) is 51.9 Å². The number of benzene rings is 1. The summed E-state index contributed by atoms with van der Waals surface area (Å²) in [5.74, 6) is 1.87. The first-order valence-corrected chi connectivity index (χ1v) is 10.6. The zero-order valence-electron chi connectivity index (χ0n) is 17.2. The molecule has 0 N–H and O–H groups in total. The van der Waals surface area contributed by atoms with E-state index in [-0.39, 0.29) is 6.10 Å². The molecule has 152 valence electrons. The third kappa shape index (κ3) is 3.41. The van der Waals surface area contributed by atoms with Crippen LogP contribution in [0.2, 0.25) is 0 Å². The molecule has 2 aromatic rings. The predicted molar refractivity (Wildman–Crippen MR) is 113 cm³/mol. The lowest BCUT2D eigenvalue weighted by atomic mass is 9.88. The van der Waals surface area contributed by atoms with Gasteiger partial charge in [-0.25, -0.2) is 4.98 Å². The van der Waals surface area contributed by atoms with Crippen molar-refractivity contribution in [2.24, 2.45) is 5.16 Å². The number of nitrogens with zero attached hydrogens (tertiary/aromatic N) is 4. The molecule has 2 unspecified atom stereocenters.